The van der Waals surface area contributed by atoms with Crippen LogP contribution in [0.5, 0.6) is 5.88 Å². The van der Waals surface area contributed by atoms with Gasteiger partial charge in [-0.2, -0.15) is 4.21 Å². The summed E-state index contributed by atoms with van der Waals surface area (Å²) in [7, 11) is 0. The van der Waals surface area contributed by atoms with E-state index in [1.807, 2.05) is 6.07 Å². The van der Waals surface area contributed by atoms with Gasteiger partial charge in [-0.3, -0.25) is 9.65 Å². The summed E-state index contributed by atoms with van der Waals surface area (Å²) in [5, 5.41) is 7.09. The van der Waals surface area contributed by atoms with Gasteiger partial charge in [0.05, 0.1) is 10.9 Å². The average molecular weight is 198 g/mol. The third-order valence-electron chi connectivity index (χ3n) is 1.59. The Morgan fingerprint density at radius 2 is 2.23 bits per heavy atom. The van der Waals surface area contributed by atoms with Gasteiger partial charge in [0.15, 0.2) is 0 Å². The number of para-hydroxylation sites is 1. The van der Waals surface area contributed by atoms with Crippen LogP contribution in [-0.4, -0.2) is 19.0 Å². The summed E-state index contributed by atoms with van der Waals surface area (Å²) < 4.78 is 23.4. The van der Waals surface area contributed by atoms with Crippen LogP contribution in [0.25, 0.3) is 10.9 Å². The van der Waals surface area contributed by atoms with Crippen LogP contribution in [0.1, 0.15) is 0 Å². The van der Waals surface area contributed by atoms with E-state index in [2.05, 4.69) is 14.4 Å². The zero-order valence-corrected chi connectivity index (χ0v) is 7.25. The van der Waals surface area contributed by atoms with Crippen LogP contribution in [-0.2, 0) is 11.4 Å². The average Bonchev–Trinajstić information content (AvgIpc) is 2.48. The van der Waals surface area contributed by atoms with Gasteiger partial charge in [-0.05, 0) is 12.1 Å². The second kappa shape index (κ2) is 3.15. The van der Waals surface area contributed by atoms with Crippen LogP contribution in [0.2, 0.25) is 0 Å². The van der Waals surface area contributed by atoms with Gasteiger partial charge in [0.25, 0.3) is 5.88 Å². The van der Waals surface area contributed by atoms with Crippen molar-refractivity contribution in [2.45, 2.75) is 0 Å². The molecule has 1 atom stereocenters. The predicted octanol–water partition coefficient (Wildman–Crippen LogP) is 1.08. The number of rotatable bonds is 2. The molecule has 13 heavy (non-hydrogen) atoms. The van der Waals surface area contributed by atoms with Gasteiger partial charge in [-0.25, -0.2) is 0 Å². The Morgan fingerprint density at radius 1 is 1.46 bits per heavy atom. The van der Waals surface area contributed by atoms with E-state index < -0.39 is 11.4 Å². The first kappa shape index (κ1) is 8.21. The maximum absolute atomic E-state index is 10.3. The second-order valence-electron chi connectivity index (χ2n) is 2.37. The third-order valence-corrected chi connectivity index (χ3v) is 1.89. The van der Waals surface area contributed by atoms with Crippen molar-refractivity contribution < 1.29 is 12.9 Å². The Hall–Kier alpha value is -1.40. The monoisotopic (exact) mass is 198 g/mol. The van der Waals surface area contributed by atoms with Crippen LogP contribution < -0.4 is 4.18 Å². The van der Waals surface area contributed by atoms with Crippen molar-refractivity contribution in [3.8, 4) is 5.88 Å². The molecule has 68 valence electrons. The van der Waals surface area contributed by atoms with Crippen LogP contribution >= 0.6 is 0 Å². The van der Waals surface area contributed by atoms with E-state index in [-0.39, 0.29) is 5.88 Å². The van der Waals surface area contributed by atoms with E-state index in [9.17, 15) is 4.21 Å². The number of H-pyrrole nitrogens is 1. The maximum Gasteiger partial charge on any atom is 0.359 e. The molecule has 0 spiro atoms. The fourth-order valence-electron chi connectivity index (χ4n) is 1.07. The number of hydrogen-bond acceptors (Lipinski definition) is 3. The van der Waals surface area contributed by atoms with Gasteiger partial charge in [0.2, 0.25) is 0 Å². The number of fused-ring (bicyclic) bond motifs is 1. The van der Waals surface area contributed by atoms with Crippen molar-refractivity contribution in [3.63, 3.8) is 0 Å². The zero-order valence-electron chi connectivity index (χ0n) is 6.43. The smallest absolute Gasteiger partial charge is 0.357 e. The fourth-order valence-corrected chi connectivity index (χ4v) is 1.33. The minimum absolute atomic E-state index is 0.136. The predicted molar refractivity (Wildman–Crippen MR) is 47.5 cm³/mol. The molecule has 0 radical (unpaired) electrons. The van der Waals surface area contributed by atoms with Gasteiger partial charge in [-0.1, -0.05) is 12.1 Å². The third kappa shape index (κ3) is 1.53. The summed E-state index contributed by atoms with van der Waals surface area (Å²) in [6.45, 7) is 0. The molecule has 6 heteroatoms. The Bertz CT molecular complexity index is 454. The first-order chi connectivity index (χ1) is 6.27. The number of hydrogen-bond donors (Lipinski definition) is 2. The molecule has 0 aliphatic carbocycles. The minimum Gasteiger partial charge on any atom is -0.357 e. The highest BCUT2D eigenvalue weighted by Crippen LogP contribution is 2.21. The van der Waals surface area contributed by atoms with Gasteiger partial charge in [0.1, 0.15) is 0 Å². The number of aromatic amines is 1. The van der Waals surface area contributed by atoms with Crippen LogP contribution in [0.3, 0.4) is 0 Å². The van der Waals surface area contributed by atoms with Crippen molar-refractivity contribution in [3.05, 3.63) is 24.3 Å². The minimum atomic E-state index is -2.33. The van der Waals surface area contributed by atoms with Crippen molar-refractivity contribution in [1.82, 2.24) is 10.2 Å². The number of benzene rings is 1. The number of aromatic nitrogens is 2. The van der Waals surface area contributed by atoms with Crippen LogP contribution in [0.15, 0.2) is 24.3 Å². The Kier molecular flexibility index (Phi) is 1.99. The lowest BCUT2D eigenvalue weighted by Gasteiger charge is -1.93. The maximum atomic E-state index is 10.3. The normalized spacial score (nSPS) is 13.0. The molecule has 0 saturated heterocycles. The lowest BCUT2D eigenvalue weighted by Crippen LogP contribution is -1.97. The Morgan fingerprint density at radius 3 is 3.00 bits per heavy atom. The van der Waals surface area contributed by atoms with Crippen molar-refractivity contribution >= 4 is 22.3 Å². The quantitative estimate of drug-likeness (QED) is 0.708. The molecule has 0 fully saturated rings. The molecule has 2 rings (SSSR count). The molecule has 0 saturated carbocycles. The van der Waals surface area contributed by atoms with E-state index in [4.69, 9.17) is 4.55 Å². The van der Waals surface area contributed by atoms with E-state index in [1.165, 1.54) is 0 Å². The van der Waals surface area contributed by atoms with E-state index in [0.717, 1.165) is 5.52 Å². The summed E-state index contributed by atoms with van der Waals surface area (Å²) in [5.74, 6) is 0.136. The molecule has 1 heterocycles. The lowest BCUT2D eigenvalue weighted by molar-refractivity contribution is 0.451. The molecule has 2 N–H and O–H groups in total. The molecule has 1 unspecified atom stereocenters. The summed E-state index contributed by atoms with van der Waals surface area (Å²) in [4.78, 5) is 0. The highest BCUT2D eigenvalue weighted by molar-refractivity contribution is 7.74. The Balaban J connectivity index is 2.51. The van der Waals surface area contributed by atoms with Crippen molar-refractivity contribution in [2.75, 3.05) is 0 Å². The molecular weight excluding hydrogens is 192 g/mol. The lowest BCUT2D eigenvalue weighted by atomic mass is 10.2. The van der Waals surface area contributed by atoms with Gasteiger partial charge in [-0.15, -0.1) is 5.10 Å². The molecule has 0 aliphatic rings. The molecule has 2 aromatic rings. The highest BCUT2D eigenvalue weighted by atomic mass is 32.2. The molecule has 1 aromatic heterocycles. The number of nitrogens with one attached hydrogen (secondary N) is 1. The zero-order chi connectivity index (χ0) is 9.26. The second-order valence-corrected chi connectivity index (χ2v) is 2.98. The highest BCUT2D eigenvalue weighted by Gasteiger charge is 2.07. The summed E-state index contributed by atoms with van der Waals surface area (Å²) in [6.07, 6.45) is 0. The topological polar surface area (TPSA) is 75.2 Å². The number of nitrogens with zero attached hydrogens (tertiary/aromatic N) is 1. The molecular formula is C7H6N2O3S. The standard InChI is InChI=1S/C7H6N2O3S/c10-13(11)12-7-5-3-1-2-4-6(5)8-9-7/h1-4H,(H,8,9)(H,10,11). The summed E-state index contributed by atoms with van der Waals surface area (Å²) in [5.41, 5.74) is 0.767. The first-order valence-electron chi connectivity index (χ1n) is 3.49. The summed E-state index contributed by atoms with van der Waals surface area (Å²) >= 11 is -2.33. The van der Waals surface area contributed by atoms with Crippen LogP contribution in [0, 0.1) is 0 Å². The van der Waals surface area contributed by atoms with Gasteiger partial charge >= 0.3 is 11.4 Å². The van der Waals surface area contributed by atoms with Crippen molar-refractivity contribution in [1.29, 1.82) is 0 Å². The molecule has 0 bridgehead atoms. The molecule has 0 aliphatic heterocycles. The summed E-state index contributed by atoms with van der Waals surface area (Å²) in [6, 6.07) is 7.18. The van der Waals surface area contributed by atoms with E-state index in [0.29, 0.717) is 5.39 Å². The van der Waals surface area contributed by atoms with Crippen LogP contribution in [0.4, 0.5) is 0 Å². The molecule has 1 aromatic carbocycles. The van der Waals surface area contributed by atoms with E-state index in [1.54, 1.807) is 18.2 Å². The Labute approximate surface area is 76.2 Å². The van der Waals surface area contributed by atoms with Gasteiger partial charge in [0, 0.05) is 0 Å². The molecule has 5 nitrogen and oxygen atoms in total. The van der Waals surface area contributed by atoms with E-state index >= 15 is 0 Å². The largest absolute Gasteiger partial charge is 0.359 e. The van der Waals surface area contributed by atoms with Gasteiger partial charge < -0.3 is 4.18 Å². The van der Waals surface area contributed by atoms with Crippen molar-refractivity contribution in [2.24, 2.45) is 0 Å². The SMILES string of the molecule is O=S(O)Oc1n[nH]c2ccccc12. The first-order valence-corrected chi connectivity index (χ1v) is 4.53. The fraction of sp³-hybridized carbons (Fsp3) is 0. The molecule has 0 amide bonds.